The van der Waals surface area contributed by atoms with Crippen molar-refractivity contribution in [3.05, 3.63) is 0 Å². The number of esters is 2. The van der Waals surface area contributed by atoms with E-state index in [0.29, 0.717) is 19.6 Å². The standard InChI is InChI=1S/C14H27NO5/c1-5-8-18-9-6-11(15)13(17)19-10-7-12(16)20-14(2,3)4/h11H,5-10,15H2,1-4H3/t11-/m0/s1. The summed E-state index contributed by atoms with van der Waals surface area (Å²) in [4.78, 5) is 22.9. The largest absolute Gasteiger partial charge is 0.464 e. The van der Waals surface area contributed by atoms with E-state index in [4.69, 9.17) is 19.9 Å². The third-order valence-electron chi connectivity index (χ3n) is 2.19. The van der Waals surface area contributed by atoms with Crippen LogP contribution in [0.4, 0.5) is 0 Å². The van der Waals surface area contributed by atoms with Crippen LogP contribution in [-0.4, -0.2) is 43.4 Å². The summed E-state index contributed by atoms with van der Waals surface area (Å²) in [6.45, 7) is 8.41. The summed E-state index contributed by atoms with van der Waals surface area (Å²) in [6.07, 6.45) is 1.36. The minimum atomic E-state index is -0.717. The topological polar surface area (TPSA) is 87.9 Å². The average Bonchev–Trinajstić information content (AvgIpc) is 2.32. The Kier molecular flexibility index (Phi) is 9.16. The van der Waals surface area contributed by atoms with Gasteiger partial charge in [0.2, 0.25) is 0 Å². The second-order valence-corrected chi connectivity index (χ2v) is 5.51. The minimum absolute atomic E-state index is 0.0166. The molecule has 0 unspecified atom stereocenters. The summed E-state index contributed by atoms with van der Waals surface area (Å²) in [6, 6.07) is -0.717. The van der Waals surface area contributed by atoms with E-state index < -0.39 is 23.6 Å². The van der Waals surface area contributed by atoms with Gasteiger partial charge in [-0.15, -0.1) is 0 Å². The zero-order chi connectivity index (χ0) is 15.6. The van der Waals surface area contributed by atoms with Crippen LogP contribution < -0.4 is 5.73 Å². The third kappa shape index (κ3) is 10.8. The zero-order valence-corrected chi connectivity index (χ0v) is 12.9. The monoisotopic (exact) mass is 289 g/mol. The van der Waals surface area contributed by atoms with Gasteiger partial charge in [-0.1, -0.05) is 6.92 Å². The third-order valence-corrected chi connectivity index (χ3v) is 2.19. The molecule has 0 aliphatic carbocycles. The van der Waals surface area contributed by atoms with E-state index in [1.165, 1.54) is 0 Å². The molecule has 20 heavy (non-hydrogen) atoms. The molecule has 0 aromatic carbocycles. The lowest BCUT2D eigenvalue weighted by atomic mass is 10.2. The summed E-state index contributed by atoms with van der Waals surface area (Å²) in [5.74, 6) is -0.918. The lowest BCUT2D eigenvalue weighted by Crippen LogP contribution is -2.34. The van der Waals surface area contributed by atoms with Crippen LogP contribution in [0.5, 0.6) is 0 Å². The highest BCUT2D eigenvalue weighted by Gasteiger charge is 2.18. The first-order chi connectivity index (χ1) is 9.26. The van der Waals surface area contributed by atoms with Gasteiger partial charge in [-0.25, -0.2) is 0 Å². The first-order valence-corrected chi connectivity index (χ1v) is 6.98. The number of ether oxygens (including phenoxy) is 3. The molecule has 0 spiro atoms. The maximum atomic E-state index is 11.5. The Morgan fingerprint density at radius 1 is 1.15 bits per heavy atom. The fraction of sp³-hybridized carbons (Fsp3) is 0.857. The Balaban J connectivity index is 3.73. The molecule has 0 saturated heterocycles. The molecule has 0 aromatic rings. The molecule has 1 atom stereocenters. The Morgan fingerprint density at radius 3 is 2.35 bits per heavy atom. The fourth-order valence-electron chi connectivity index (χ4n) is 1.31. The van der Waals surface area contributed by atoms with Gasteiger partial charge in [-0.05, 0) is 33.6 Å². The molecule has 0 saturated carbocycles. The van der Waals surface area contributed by atoms with Crippen LogP contribution in [-0.2, 0) is 23.8 Å². The van der Waals surface area contributed by atoms with Crippen molar-refractivity contribution >= 4 is 11.9 Å². The average molecular weight is 289 g/mol. The molecule has 118 valence electrons. The highest BCUT2D eigenvalue weighted by Crippen LogP contribution is 2.08. The first kappa shape index (κ1) is 18.9. The highest BCUT2D eigenvalue weighted by atomic mass is 16.6. The summed E-state index contributed by atoms with van der Waals surface area (Å²) < 4.78 is 15.3. The van der Waals surface area contributed by atoms with Gasteiger partial charge < -0.3 is 19.9 Å². The molecular weight excluding hydrogens is 262 g/mol. The fourth-order valence-corrected chi connectivity index (χ4v) is 1.31. The second kappa shape index (κ2) is 9.72. The summed E-state index contributed by atoms with van der Waals surface area (Å²) in [5, 5.41) is 0. The Morgan fingerprint density at radius 2 is 1.80 bits per heavy atom. The zero-order valence-electron chi connectivity index (χ0n) is 12.9. The van der Waals surface area contributed by atoms with E-state index in [1.54, 1.807) is 20.8 Å². The van der Waals surface area contributed by atoms with Crippen LogP contribution in [0.25, 0.3) is 0 Å². The predicted molar refractivity (Wildman–Crippen MR) is 75.1 cm³/mol. The maximum Gasteiger partial charge on any atom is 0.323 e. The molecule has 0 fully saturated rings. The molecule has 0 amide bonds. The van der Waals surface area contributed by atoms with E-state index in [2.05, 4.69) is 0 Å². The van der Waals surface area contributed by atoms with E-state index in [9.17, 15) is 9.59 Å². The molecule has 2 N–H and O–H groups in total. The summed E-state index contributed by atoms with van der Waals surface area (Å²) in [5.41, 5.74) is 5.11. The van der Waals surface area contributed by atoms with Gasteiger partial charge in [-0.3, -0.25) is 9.59 Å². The van der Waals surface area contributed by atoms with Crippen molar-refractivity contribution in [3.8, 4) is 0 Å². The lowest BCUT2D eigenvalue weighted by molar-refractivity contribution is -0.157. The summed E-state index contributed by atoms with van der Waals surface area (Å²) >= 11 is 0. The van der Waals surface area contributed by atoms with Gasteiger partial charge in [0.1, 0.15) is 18.2 Å². The van der Waals surface area contributed by atoms with Crippen molar-refractivity contribution in [2.24, 2.45) is 5.73 Å². The number of rotatable bonds is 9. The van der Waals surface area contributed by atoms with Crippen molar-refractivity contribution in [1.82, 2.24) is 0 Å². The smallest absolute Gasteiger partial charge is 0.323 e. The van der Waals surface area contributed by atoms with E-state index in [-0.39, 0.29) is 13.0 Å². The molecular formula is C14H27NO5. The van der Waals surface area contributed by atoms with Gasteiger partial charge >= 0.3 is 11.9 Å². The number of hydrogen-bond acceptors (Lipinski definition) is 6. The van der Waals surface area contributed by atoms with Crippen molar-refractivity contribution in [1.29, 1.82) is 0 Å². The Bertz CT molecular complexity index is 298. The molecule has 0 aliphatic heterocycles. The van der Waals surface area contributed by atoms with Crippen molar-refractivity contribution in [2.75, 3.05) is 19.8 Å². The lowest BCUT2D eigenvalue weighted by Gasteiger charge is -2.19. The van der Waals surface area contributed by atoms with E-state index >= 15 is 0 Å². The van der Waals surface area contributed by atoms with Crippen LogP contribution in [0.3, 0.4) is 0 Å². The van der Waals surface area contributed by atoms with Gasteiger partial charge in [0.15, 0.2) is 0 Å². The van der Waals surface area contributed by atoms with Crippen LogP contribution in [0.2, 0.25) is 0 Å². The quantitative estimate of drug-likeness (QED) is 0.510. The van der Waals surface area contributed by atoms with Crippen molar-refractivity contribution < 1.29 is 23.8 Å². The van der Waals surface area contributed by atoms with Crippen LogP contribution in [0, 0.1) is 0 Å². The SMILES string of the molecule is CCCOCC[C@H](N)C(=O)OCCC(=O)OC(C)(C)C. The molecule has 0 aromatic heterocycles. The Hall–Kier alpha value is -1.14. The molecule has 0 radical (unpaired) electrons. The predicted octanol–water partition coefficient (Wildman–Crippen LogP) is 1.41. The molecule has 0 aliphatic rings. The van der Waals surface area contributed by atoms with Crippen LogP contribution >= 0.6 is 0 Å². The first-order valence-electron chi connectivity index (χ1n) is 6.98. The molecule has 6 heteroatoms. The van der Waals surface area contributed by atoms with Gasteiger partial charge in [-0.2, -0.15) is 0 Å². The van der Waals surface area contributed by atoms with Gasteiger partial charge in [0, 0.05) is 13.2 Å². The van der Waals surface area contributed by atoms with Crippen molar-refractivity contribution in [2.45, 2.75) is 58.6 Å². The normalized spacial score (nSPS) is 12.8. The number of carbonyl (C=O) groups excluding carboxylic acids is 2. The molecule has 0 bridgehead atoms. The number of carbonyl (C=O) groups is 2. The molecule has 0 rings (SSSR count). The number of hydrogen-bond donors (Lipinski definition) is 1. The van der Waals surface area contributed by atoms with Gasteiger partial charge in [0.05, 0.1) is 6.42 Å². The van der Waals surface area contributed by atoms with E-state index in [0.717, 1.165) is 6.42 Å². The van der Waals surface area contributed by atoms with Crippen molar-refractivity contribution in [3.63, 3.8) is 0 Å². The van der Waals surface area contributed by atoms with Crippen LogP contribution in [0.1, 0.15) is 47.0 Å². The maximum absolute atomic E-state index is 11.5. The van der Waals surface area contributed by atoms with Crippen LogP contribution in [0.15, 0.2) is 0 Å². The second-order valence-electron chi connectivity index (χ2n) is 5.51. The minimum Gasteiger partial charge on any atom is -0.464 e. The Labute approximate surface area is 120 Å². The highest BCUT2D eigenvalue weighted by molar-refractivity contribution is 5.76. The number of nitrogens with two attached hydrogens (primary N) is 1. The summed E-state index contributed by atoms with van der Waals surface area (Å²) in [7, 11) is 0. The molecule has 0 heterocycles. The van der Waals surface area contributed by atoms with Gasteiger partial charge in [0.25, 0.3) is 0 Å². The molecule has 6 nitrogen and oxygen atoms in total. The van der Waals surface area contributed by atoms with E-state index in [1.807, 2.05) is 6.92 Å².